The van der Waals surface area contributed by atoms with E-state index >= 15 is 0 Å². The van der Waals surface area contributed by atoms with Gasteiger partial charge in [0, 0.05) is 12.1 Å². The van der Waals surface area contributed by atoms with Crippen LogP contribution in [-0.2, 0) is 19.6 Å². The maximum Gasteiger partial charge on any atom is 0.148 e. The second-order valence-corrected chi connectivity index (χ2v) is 5.84. The van der Waals surface area contributed by atoms with Gasteiger partial charge in [-0.3, -0.25) is 0 Å². The van der Waals surface area contributed by atoms with Crippen molar-refractivity contribution in [3.05, 3.63) is 24.3 Å². The van der Waals surface area contributed by atoms with E-state index in [1.54, 1.807) is 12.7 Å². The predicted molar refractivity (Wildman–Crippen MR) is 76.0 cm³/mol. The second kappa shape index (κ2) is 6.13. The van der Waals surface area contributed by atoms with E-state index < -0.39 is 0 Å². The minimum atomic E-state index is 0.0546. The molecule has 0 atom stereocenters. The molecule has 0 radical (unpaired) electrons. The van der Waals surface area contributed by atoms with Crippen LogP contribution in [0, 0.1) is 0 Å². The molecule has 2 aromatic rings. The summed E-state index contributed by atoms with van der Waals surface area (Å²) in [6, 6.07) is 0. The Morgan fingerprint density at radius 2 is 1.70 bits per heavy atom. The molecule has 0 saturated heterocycles. The number of hydrogen-bond acceptors (Lipinski definition) is 5. The molecule has 0 aliphatic heterocycles. The highest BCUT2D eigenvalue weighted by Crippen LogP contribution is 2.04. The third kappa shape index (κ3) is 3.86. The molecule has 7 heteroatoms. The fourth-order valence-electron chi connectivity index (χ4n) is 1.84. The average molecular weight is 277 g/mol. The van der Waals surface area contributed by atoms with Crippen LogP contribution in [0.25, 0.3) is 0 Å². The van der Waals surface area contributed by atoms with Gasteiger partial charge < -0.3 is 5.32 Å². The normalized spacial score (nSPS) is 12.0. The van der Waals surface area contributed by atoms with Crippen LogP contribution in [0.5, 0.6) is 0 Å². The first-order valence-corrected chi connectivity index (χ1v) is 6.98. The number of nitrogens with one attached hydrogen (secondary N) is 1. The van der Waals surface area contributed by atoms with E-state index in [0.717, 1.165) is 24.6 Å². The van der Waals surface area contributed by atoms with Crippen LogP contribution in [0.15, 0.2) is 12.7 Å². The fraction of sp³-hybridized carbons (Fsp3) is 0.692. The Balaban J connectivity index is 2.06. The summed E-state index contributed by atoms with van der Waals surface area (Å²) < 4.78 is 3.79. The summed E-state index contributed by atoms with van der Waals surface area (Å²) in [6.45, 7) is 10.7. The summed E-state index contributed by atoms with van der Waals surface area (Å²) in [7, 11) is 0. The summed E-state index contributed by atoms with van der Waals surface area (Å²) in [6.07, 6.45) is 4.21. The molecule has 0 amide bonds. The van der Waals surface area contributed by atoms with Gasteiger partial charge in [0.2, 0.25) is 0 Å². The van der Waals surface area contributed by atoms with Crippen LogP contribution in [0.4, 0.5) is 0 Å². The Hall–Kier alpha value is -1.76. The fourth-order valence-corrected chi connectivity index (χ4v) is 1.84. The highest BCUT2D eigenvalue weighted by Gasteiger charge is 2.13. The molecular weight excluding hydrogens is 254 g/mol. The number of aromatic nitrogens is 6. The van der Waals surface area contributed by atoms with Crippen LogP contribution < -0.4 is 5.32 Å². The van der Waals surface area contributed by atoms with E-state index in [4.69, 9.17) is 0 Å². The SMILES string of the molecule is CCCn1ncnc1Cn1ncnc1CNC(C)(C)C. The summed E-state index contributed by atoms with van der Waals surface area (Å²) in [5.74, 6) is 1.82. The van der Waals surface area contributed by atoms with Crippen LogP contribution in [-0.4, -0.2) is 35.1 Å². The minimum Gasteiger partial charge on any atom is -0.305 e. The van der Waals surface area contributed by atoms with Crippen molar-refractivity contribution in [3.8, 4) is 0 Å². The first kappa shape index (κ1) is 14.6. The number of aryl methyl sites for hydroxylation is 1. The third-order valence-electron chi connectivity index (χ3n) is 2.89. The Morgan fingerprint density at radius 3 is 2.35 bits per heavy atom. The zero-order valence-electron chi connectivity index (χ0n) is 12.7. The van der Waals surface area contributed by atoms with Crippen molar-refractivity contribution in [2.24, 2.45) is 0 Å². The van der Waals surface area contributed by atoms with Crippen LogP contribution >= 0.6 is 0 Å². The molecule has 0 saturated carbocycles. The number of hydrogen-bond donors (Lipinski definition) is 1. The molecule has 0 aromatic carbocycles. The molecule has 20 heavy (non-hydrogen) atoms. The largest absolute Gasteiger partial charge is 0.305 e. The quantitative estimate of drug-likeness (QED) is 0.859. The monoisotopic (exact) mass is 277 g/mol. The Bertz CT molecular complexity index is 535. The Morgan fingerprint density at radius 1 is 1.05 bits per heavy atom. The minimum absolute atomic E-state index is 0.0546. The highest BCUT2D eigenvalue weighted by atomic mass is 15.4. The van der Waals surface area contributed by atoms with Gasteiger partial charge in [-0.15, -0.1) is 0 Å². The molecule has 2 rings (SSSR count). The molecule has 0 spiro atoms. The van der Waals surface area contributed by atoms with E-state index in [1.807, 2.05) is 9.36 Å². The molecule has 0 fully saturated rings. The van der Waals surface area contributed by atoms with Gasteiger partial charge in [-0.1, -0.05) is 6.92 Å². The summed E-state index contributed by atoms with van der Waals surface area (Å²) in [5, 5.41) is 11.9. The lowest BCUT2D eigenvalue weighted by Crippen LogP contribution is -2.36. The van der Waals surface area contributed by atoms with E-state index in [2.05, 4.69) is 53.2 Å². The van der Waals surface area contributed by atoms with E-state index in [0.29, 0.717) is 13.1 Å². The lowest BCUT2D eigenvalue weighted by Gasteiger charge is -2.20. The van der Waals surface area contributed by atoms with Crippen molar-refractivity contribution in [2.75, 3.05) is 0 Å². The topological polar surface area (TPSA) is 73.5 Å². The van der Waals surface area contributed by atoms with Crippen LogP contribution in [0.2, 0.25) is 0 Å². The molecule has 7 nitrogen and oxygen atoms in total. The van der Waals surface area contributed by atoms with Crippen molar-refractivity contribution in [1.29, 1.82) is 0 Å². The molecule has 110 valence electrons. The molecule has 0 bridgehead atoms. The number of rotatable bonds is 6. The summed E-state index contributed by atoms with van der Waals surface area (Å²) in [5.41, 5.74) is 0.0546. The molecule has 0 aliphatic rings. The van der Waals surface area contributed by atoms with Gasteiger partial charge in [0.05, 0.1) is 6.54 Å². The van der Waals surface area contributed by atoms with Crippen molar-refractivity contribution < 1.29 is 0 Å². The first-order chi connectivity index (χ1) is 9.49. The molecular formula is C13H23N7. The van der Waals surface area contributed by atoms with Crippen LogP contribution in [0.3, 0.4) is 0 Å². The van der Waals surface area contributed by atoms with Crippen molar-refractivity contribution in [3.63, 3.8) is 0 Å². The van der Waals surface area contributed by atoms with Gasteiger partial charge in [-0.2, -0.15) is 10.2 Å². The van der Waals surface area contributed by atoms with Gasteiger partial charge in [0.25, 0.3) is 0 Å². The van der Waals surface area contributed by atoms with Gasteiger partial charge in [0.15, 0.2) is 0 Å². The standard InChI is InChI=1S/C13H23N7/c1-5-6-19-12(15-10-17-19)8-20-11(14-9-18-20)7-16-13(2,3)4/h9-10,16H,5-8H2,1-4H3. The van der Waals surface area contributed by atoms with E-state index in [-0.39, 0.29) is 5.54 Å². The van der Waals surface area contributed by atoms with Crippen molar-refractivity contribution >= 4 is 0 Å². The molecule has 0 aliphatic carbocycles. The van der Waals surface area contributed by atoms with Crippen molar-refractivity contribution in [1.82, 2.24) is 34.8 Å². The maximum atomic E-state index is 4.31. The van der Waals surface area contributed by atoms with Crippen molar-refractivity contribution in [2.45, 2.75) is 59.3 Å². The second-order valence-electron chi connectivity index (χ2n) is 5.84. The van der Waals surface area contributed by atoms with Gasteiger partial charge >= 0.3 is 0 Å². The Labute approximate surface area is 119 Å². The zero-order valence-corrected chi connectivity index (χ0v) is 12.7. The van der Waals surface area contributed by atoms with Gasteiger partial charge in [-0.25, -0.2) is 19.3 Å². The van der Waals surface area contributed by atoms with E-state index in [9.17, 15) is 0 Å². The smallest absolute Gasteiger partial charge is 0.148 e. The predicted octanol–water partition coefficient (Wildman–Crippen LogP) is 1.22. The zero-order chi connectivity index (χ0) is 14.6. The molecule has 0 unspecified atom stereocenters. The summed E-state index contributed by atoms with van der Waals surface area (Å²) >= 11 is 0. The van der Waals surface area contributed by atoms with Gasteiger partial charge in [-0.05, 0) is 27.2 Å². The highest BCUT2D eigenvalue weighted by molar-refractivity contribution is 4.92. The van der Waals surface area contributed by atoms with Crippen LogP contribution in [0.1, 0.15) is 45.8 Å². The molecule has 2 heterocycles. The van der Waals surface area contributed by atoms with Gasteiger partial charge in [0.1, 0.15) is 30.8 Å². The Kier molecular flexibility index (Phi) is 4.49. The average Bonchev–Trinajstić information content (AvgIpc) is 2.97. The molecule has 1 N–H and O–H groups in total. The first-order valence-electron chi connectivity index (χ1n) is 6.98. The number of nitrogens with zero attached hydrogens (tertiary/aromatic N) is 6. The molecule has 2 aromatic heterocycles. The summed E-state index contributed by atoms with van der Waals surface area (Å²) in [4.78, 5) is 8.61. The lowest BCUT2D eigenvalue weighted by atomic mass is 10.1. The lowest BCUT2D eigenvalue weighted by molar-refractivity contribution is 0.408. The third-order valence-corrected chi connectivity index (χ3v) is 2.89. The van der Waals surface area contributed by atoms with E-state index in [1.165, 1.54) is 0 Å². The maximum absolute atomic E-state index is 4.31.